The first kappa shape index (κ1) is 21.6. The highest BCUT2D eigenvalue weighted by Crippen LogP contribution is 2.32. The number of anilines is 2. The molecule has 2 aromatic rings. The minimum Gasteiger partial charge on any atom is -0.350 e. The van der Waals surface area contributed by atoms with Gasteiger partial charge >= 0.3 is 0 Å². The van der Waals surface area contributed by atoms with Crippen molar-refractivity contribution in [3.63, 3.8) is 0 Å². The van der Waals surface area contributed by atoms with Crippen molar-refractivity contribution in [2.45, 2.75) is 38.1 Å². The summed E-state index contributed by atoms with van der Waals surface area (Å²) < 4.78 is 0.787. The second-order valence-corrected chi connectivity index (χ2v) is 8.83. The maximum atomic E-state index is 12.9. The Morgan fingerprint density at radius 3 is 2.32 bits per heavy atom. The summed E-state index contributed by atoms with van der Waals surface area (Å²) in [6.07, 6.45) is 4.77. The van der Waals surface area contributed by atoms with Gasteiger partial charge in [0, 0.05) is 21.8 Å². The number of hydrogen-bond acceptors (Lipinski definition) is 4. The molecule has 4 rings (SSSR count). The van der Waals surface area contributed by atoms with Crippen LogP contribution in [0.15, 0.2) is 63.7 Å². The predicted octanol–water partition coefficient (Wildman–Crippen LogP) is 5.27. The quantitative estimate of drug-likeness (QED) is 0.546. The minimum absolute atomic E-state index is 0.0858. The van der Waals surface area contributed by atoms with Gasteiger partial charge in [-0.25, -0.2) is 0 Å². The Morgan fingerprint density at radius 2 is 1.65 bits per heavy atom. The fourth-order valence-electron chi connectivity index (χ4n) is 3.90. The van der Waals surface area contributed by atoms with E-state index in [1.807, 2.05) is 18.2 Å². The molecule has 1 fully saturated rings. The summed E-state index contributed by atoms with van der Waals surface area (Å²) in [4.78, 5) is 39.2. The van der Waals surface area contributed by atoms with Gasteiger partial charge in [-0.3, -0.25) is 19.3 Å². The zero-order chi connectivity index (χ0) is 22.0. The van der Waals surface area contributed by atoms with Gasteiger partial charge in [0.15, 0.2) is 0 Å². The number of hydrogen-bond donors (Lipinski definition) is 2. The molecule has 0 saturated heterocycles. The topological polar surface area (TPSA) is 78.5 Å². The standard InChI is InChI=1S/C23H21BrClN3O3/c24-17-8-4-5-9-18(17)27-21(29)14-10-12-15(13-11-14)26-20-19(25)22(30)28(23(20)31)16-6-2-1-3-7-16/h4-5,8-13,16,26H,1-3,6-7H2,(H,27,29). The summed E-state index contributed by atoms with van der Waals surface area (Å²) in [5, 5.41) is 5.71. The summed E-state index contributed by atoms with van der Waals surface area (Å²) in [7, 11) is 0. The predicted molar refractivity (Wildman–Crippen MR) is 124 cm³/mol. The molecule has 1 aliphatic heterocycles. The Balaban J connectivity index is 1.45. The van der Waals surface area contributed by atoms with E-state index in [9.17, 15) is 14.4 Å². The molecular formula is C23H21BrClN3O3. The molecule has 31 heavy (non-hydrogen) atoms. The Bertz CT molecular complexity index is 1060. The van der Waals surface area contributed by atoms with Gasteiger partial charge in [0.2, 0.25) is 0 Å². The number of amides is 3. The van der Waals surface area contributed by atoms with E-state index in [0.29, 0.717) is 16.9 Å². The monoisotopic (exact) mass is 501 g/mol. The second-order valence-electron chi connectivity index (χ2n) is 7.60. The van der Waals surface area contributed by atoms with E-state index in [1.54, 1.807) is 30.3 Å². The molecule has 8 heteroatoms. The molecule has 6 nitrogen and oxygen atoms in total. The van der Waals surface area contributed by atoms with E-state index < -0.39 is 11.8 Å². The van der Waals surface area contributed by atoms with Crippen molar-refractivity contribution in [3.8, 4) is 0 Å². The molecule has 0 bridgehead atoms. The summed E-state index contributed by atoms with van der Waals surface area (Å²) >= 11 is 9.61. The van der Waals surface area contributed by atoms with Crippen LogP contribution in [0.25, 0.3) is 0 Å². The third-order valence-corrected chi connectivity index (χ3v) is 6.58. The second kappa shape index (κ2) is 9.24. The molecule has 2 N–H and O–H groups in total. The molecule has 160 valence electrons. The van der Waals surface area contributed by atoms with Crippen molar-refractivity contribution in [2.75, 3.05) is 10.6 Å². The lowest BCUT2D eigenvalue weighted by atomic mass is 9.94. The lowest BCUT2D eigenvalue weighted by molar-refractivity contribution is -0.140. The zero-order valence-electron chi connectivity index (χ0n) is 16.7. The number of benzene rings is 2. The van der Waals surface area contributed by atoms with Crippen molar-refractivity contribution >= 4 is 56.6 Å². The number of rotatable bonds is 5. The van der Waals surface area contributed by atoms with Crippen LogP contribution < -0.4 is 10.6 Å². The summed E-state index contributed by atoms with van der Waals surface area (Å²) in [5.41, 5.74) is 1.78. The minimum atomic E-state index is -0.439. The van der Waals surface area contributed by atoms with E-state index in [1.165, 1.54) is 4.90 Å². The lowest BCUT2D eigenvalue weighted by Gasteiger charge is -2.29. The summed E-state index contributed by atoms with van der Waals surface area (Å²) in [6, 6.07) is 13.9. The van der Waals surface area contributed by atoms with Crippen LogP contribution in [0.3, 0.4) is 0 Å². The molecule has 0 atom stereocenters. The van der Waals surface area contributed by atoms with Crippen molar-refractivity contribution in [3.05, 3.63) is 69.3 Å². The summed E-state index contributed by atoms with van der Waals surface area (Å²) in [6.45, 7) is 0. The summed E-state index contributed by atoms with van der Waals surface area (Å²) in [5.74, 6) is -1.09. The smallest absolute Gasteiger partial charge is 0.279 e. The van der Waals surface area contributed by atoms with Gasteiger partial charge in [-0.15, -0.1) is 0 Å². The van der Waals surface area contributed by atoms with Crippen molar-refractivity contribution in [2.24, 2.45) is 0 Å². The molecule has 1 saturated carbocycles. The normalized spacial score (nSPS) is 17.3. The molecule has 1 heterocycles. The molecule has 2 aromatic carbocycles. The highest BCUT2D eigenvalue weighted by molar-refractivity contribution is 9.10. The van der Waals surface area contributed by atoms with Gasteiger partial charge in [0.1, 0.15) is 10.7 Å². The molecule has 0 radical (unpaired) electrons. The first-order valence-corrected chi connectivity index (χ1v) is 11.3. The Hall–Kier alpha value is -2.64. The van der Waals surface area contributed by atoms with Crippen LogP contribution >= 0.6 is 27.5 Å². The molecule has 0 aromatic heterocycles. The van der Waals surface area contributed by atoms with Crippen molar-refractivity contribution in [1.82, 2.24) is 4.90 Å². The van der Waals surface area contributed by atoms with Gasteiger partial charge in [-0.2, -0.15) is 0 Å². The third kappa shape index (κ3) is 4.52. The van der Waals surface area contributed by atoms with Gasteiger partial charge < -0.3 is 10.6 Å². The highest BCUT2D eigenvalue weighted by Gasteiger charge is 2.42. The van der Waals surface area contributed by atoms with Gasteiger partial charge in [0.25, 0.3) is 17.7 Å². The van der Waals surface area contributed by atoms with Crippen LogP contribution in [0.2, 0.25) is 0 Å². The number of carbonyl (C=O) groups is 3. The van der Waals surface area contributed by atoms with Crippen LogP contribution in [0.1, 0.15) is 42.5 Å². The Kier molecular flexibility index (Phi) is 6.43. The van der Waals surface area contributed by atoms with Crippen LogP contribution in [0.5, 0.6) is 0 Å². The van der Waals surface area contributed by atoms with Crippen LogP contribution in [-0.2, 0) is 9.59 Å². The molecule has 0 unspecified atom stereocenters. The van der Waals surface area contributed by atoms with Gasteiger partial charge in [0.05, 0.1) is 5.69 Å². The first-order chi connectivity index (χ1) is 15.0. The van der Waals surface area contributed by atoms with Crippen LogP contribution in [0.4, 0.5) is 11.4 Å². The largest absolute Gasteiger partial charge is 0.350 e. The number of nitrogens with one attached hydrogen (secondary N) is 2. The van der Waals surface area contributed by atoms with Gasteiger partial charge in [-0.05, 0) is 65.2 Å². The average Bonchev–Trinajstić information content (AvgIpc) is 2.99. The Morgan fingerprint density at radius 1 is 0.968 bits per heavy atom. The first-order valence-electron chi connectivity index (χ1n) is 10.2. The number of imide groups is 1. The van der Waals surface area contributed by atoms with Crippen molar-refractivity contribution < 1.29 is 14.4 Å². The number of para-hydroxylation sites is 1. The van der Waals surface area contributed by atoms with Crippen LogP contribution in [0, 0.1) is 0 Å². The molecule has 1 aliphatic carbocycles. The fraction of sp³-hybridized carbons (Fsp3) is 0.261. The van der Waals surface area contributed by atoms with Crippen LogP contribution in [-0.4, -0.2) is 28.7 Å². The van der Waals surface area contributed by atoms with E-state index in [4.69, 9.17) is 11.6 Å². The van der Waals surface area contributed by atoms with E-state index in [0.717, 1.165) is 36.6 Å². The SMILES string of the molecule is O=C(Nc1ccccc1Br)c1ccc(NC2=C(Cl)C(=O)N(C3CCCCC3)C2=O)cc1. The molecule has 3 amide bonds. The fourth-order valence-corrected chi connectivity index (χ4v) is 4.51. The van der Waals surface area contributed by atoms with E-state index >= 15 is 0 Å². The molecule has 2 aliphatic rings. The highest BCUT2D eigenvalue weighted by atomic mass is 79.9. The van der Waals surface area contributed by atoms with E-state index in [-0.39, 0.29) is 22.7 Å². The molecule has 0 spiro atoms. The zero-order valence-corrected chi connectivity index (χ0v) is 19.0. The van der Waals surface area contributed by atoms with Crippen molar-refractivity contribution in [1.29, 1.82) is 0 Å². The molecular weight excluding hydrogens is 482 g/mol. The number of nitrogens with zero attached hydrogens (tertiary/aromatic N) is 1. The maximum absolute atomic E-state index is 12.9. The van der Waals surface area contributed by atoms with Gasteiger partial charge in [-0.1, -0.05) is 43.0 Å². The third-order valence-electron chi connectivity index (χ3n) is 5.54. The maximum Gasteiger partial charge on any atom is 0.279 e. The van der Waals surface area contributed by atoms with E-state index in [2.05, 4.69) is 26.6 Å². The number of carbonyl (C=O) groups excluding carboxylic acids is 3. The Labute approximate surface area is 193 Å². The lowest BCUT2D eigenvalue weighted by Crippen LogP contribution is -2.42. The number of halogens is 2. The average molecular weight is 503 g/mol.